The number of rotatable bonds is 7. The Morgan fingerprint density at radius 1 is 1.04 bits per heavy atom. The Bertz CT molecular complexity index is 672. The summed E-state index contributed by atoms with van der Waals surface area (Å²) < 4.78 is 11.6. The molecule has 5 heteroatoms. The van der Waals surface area contributed by atoms with Crippen LogP contribution in [-0.4, -0.2) is 13.2 Å². The first kappa shape index (κ1) is 19.9. The SMILES string of the molecule is COc1cccc(CNC2CCCC2)c1OCc1ccccc1Cl.Cl. The van der Waals surface area contributed by atoms with E-state index in [1.807, 2.05) is 36.4 Å². The lowest BCUT2D eigenvalue weighted by atomic mass is 10.1. The lowest BCUT2D eigenvalue weighted by Crippen LogP contribution is -2.25. The maximum atomic E-state index is 6.23. The molecular formula is C20H25Cl2NO2. The number of benzene rings is 2. The summed E-state index contributed by atoms with van der Waals surface area (Å²) in [6, 6.07) is 14.4. The van der Waals surface area contributed by atoms with Crippen molar-refractivity contribution < 1.29 is 9.47 Å². The predicted molar refractivity (Wildman–Crippen MR) is 105 cm³/mol. The van der Waals surface area contributed by atoms with E-state index in [4.69, 9.17) is 21.1 Å². The molecule has 0 amide bonds. The van der Waals surface area contributed by atoms with Gasteiger partial charge in [0, 0.05) is 28.7 Å². The van der Waals surface area contributed by atoms with Crippen molar-refractivity contribution in [2.24, 2.45) is 0 Å². The minimum Gasteiger partial charge on any atom is -0.493 e. The van der Waals surface area contributed by atoms with E-state index in [1.165, 1.54) is 25.7 Å². The van der Waals surface area contributed by atoms with Crippen molar-refractivity contribution in [3.05, 3.63) is 58.6 Å². The number of para-hydroxylation sites is 1. The van der Waals surface area contributed by atoms with Gasteiger partial charge in [-0.3, -0.25) is 0 Å². The van der Waals surface area contributed by atoms with Gasteiger partial charge >= 0.3 is 0 Å². The summed E-state index contributed by atoms with van der Waals surface area (Å²) in [5.74, 6) is 1.55. The first-order valence-corrected chi connectivity index (χ1v) is 8.91. The van der Waals surface area contributed by atoms with Gasteiger partial charge in [0.2, 0.25) is 0 Å². The highest BCUT2D eigenvalue weighted by Gasteiger charge is 2.16. The van der Waals surface area contributed by atoms with Gasteiger partial charge in [-0.1, -0.05) is 54.8 Å². The molecule has 1 saturated carbocycles. The highest BCUT2D eigenvalue weighted by molar-refractivity contribution is 6.31. The number of nitrogens with one attached hydrogen (secondary N) is 1. The molecular weight excluding hydrogens is 357 g/mol. The number of hydrogen-bond acceptors (Lipinski definition) is 3. The zero-order valence-corrected chi connectivity index (χ0v) is 16.0. The molecule has 3 rings (SSSR count). The monoisotopic (exact) mass is 381 g/mol. The maximum absolute atomic E-state index is 6.23. The molecule has 0 unspecified atom stereocenters. The van der Waals surface area contributed by atoms with E-state index < -0.39 is 0 Å². The molecule has 0 bridgehead atoms. The lowest BCUT2D eigenvalue weighted by molar-refractivity contribution is 0.280. The zero-order valence-electron chi connectivity index (χ0n) is 14.5. The Hall–Kier alpha value is -1.42. The van der Waals surface area contributed by atoms with Crippen molar-refractivity contribution >= 4 is 24.0 Å². The molecule has 2 aromatic rings. The van der Waals surface area contributed by atoms with Gasteiger partial charge in [-0.15, -0.1) is 12.4 Å². The van der Waals surface area contributed by atoms with E-state index in [0.29, 0.717) is 12.6 Å². The number of halogens is 2. The van der Waals surface area contributed by atoms with Crippen molar-refractivity contribution in [1.82, 2.24) is 5.32 Å². The molecule has 0 atom stereocenters. The standard InChI is InChI=1S/C20H24ClNO2.ClH/c1-23-19-12-6-8-15(13-22-17-9-3-4-10-17)20(19)24-14-16-7-2-5-11-18(16)21;/h2,5-8,11-12,17,22H,3-4,9-10,13-14H2,1H3;1H. The molecule has 2 aromatic carbocycles. The highest BCUT2D eigenvalue weighted by Crippen LogP contribution is 2.32. The second kappa shape index (κ2) is 9.91. The van der Waals surface area contributed by atoms with Crippen LogP contribution in [0.5, 0.6) is 11.5 Å². The largest absolute Gasteiger partial charge is 0.493 e. The summed E-state index contributed by atoms with van der Waals surface area (Å²) in [7, 11) is 1.67. The van der Waals surface area contributed by atoms with Crippen LogP contribution in [0.25, 0.3) is 0 Å². The summed E-state index contributed by atoms with van der Waals surface area (Å²) >= 11 is 6.23. The average molecular weight is 382 g/mol. The van der Waals surface area contributed by atoms with Crippen LogP contribution in [0.2, 0.25) is 5.02 Å². The third kappa shape index (κ3) is 5.27. The van der Waals surface area contributed by atoms with Crippen molar-refractivity contribution in [2.75, 3.05) is 7.11 Å². The van der Waals surface area contributed by atoms with Crippen LogP contribution in [0.3, 0.4) is 0 Å². The quantitative estimate of drug-likeness (QED) is 0.697. The summed E-state index contributed by atoms with van der Waals surface area (Å²) in [6.45, 7) is 1.22. The second-order valence-corrected chi connectivity index (χ2v) is 6.60. The van der Waals surface area contributed by atoms with E-state index in [0.717, 1.165) is 34.2 Å². The van der Waals surface area contributed by atoms with Crippen LogP contribution < -0.4 is 14.8 Å². The van der Waals surface area contributed by atoms with Gasteiger partial charge in [-0.05, 0) is 25.0 Å². The maximum Gasteiger partial charge on any atom is 0.166 e. The van der Waals surface area contributed by atoms with E-state index in [2.05, 4.69) is 11.4 Å². The molecule has 3 nitrogen and oxygen atoms in total. The first-order valence-electron chi connectivity index (χ1n) is 8.53. The lowest BCUT2D eigenvalue weighted by Gasteiger charge is -2.18. The van der Waals surface area contributed by atoms with Gasteiger partial charge in [-0.2, -0.15) is 0 Å². The fourth-order valence-corrected chi connectivity index (χ4v) is 3.36. The van der Waals surface area contributed by atoms with Crippen LogP contribution in [0.1, 0.15) is 36.8 Å². The Morgan fingerprint density at radius 3 is 2.48 bits per heavy atom. The number of ether oxygens (including phenoxy) is 2. The normalized spacial score (nSPS) is 14.2. The summed E-state index contributed by atoms with van der Waals surface area (Å²) in [5.41, 5.74) is 2.09. The third-order valence-electron chi connectivity index (χ3n) is 4.55. The Balaban J connectivity index is 0.00000225. The molecule has 0 spiro atoms. The fourth-order valence-electron chi connectivity index (χ4n) is 3.17. The molecule has 1 fully saturated rings. The number of methoxy groups -OCH3 is 1. The summed E-state index contributed by atoms with van der Waals surface area (Å²) in [6.07, 6.45) is 5.18. The van der Waals surface area contributed by atoms with E-state index in [-0.39, 0.29) is 12.4 Å². The van der Waals surface area contributed by atoms with Crippen LogP contribution in [0.4, 0.5) is 0 Å². The van der Waals surface area contributed by atoms with E-state index in [9.17, 15) is 0 Å². The molecule has 1 N–H and O–H groups in total. The van der Waals surface area contributed by atoms with Crippen LogP contribution in [0.15, 0.2) is 42.5 Å². The Morgan fingerprint density at radius 2 is 1.76 bits per heavy atom. The molecule has 0 radical (unpaired) electrons. The van der Waals surface area contributed by atoms with Gasteiger partial charge < -0.3 is 14.8 Å². The molecule has 0 aliphatic heterocycles. The summed E-state index contributed by atoms with van der Waals surface area (Å²) in [4.78, 5) is 0. The van der Waals surface area contributed by atoms with Gasteiger partial charge in [0.15, 0.2) is 11.5 Å². The van der Waals surface area contributed by atoms with E-state index >= 15 is 0 Å². The Labute approximate surface area is 161 Å². The average Bonchev–Trinajstić information content (AvgIpc) is 3.13. The third-order valence-corrected chi connectivity index (χ3v) is 4.92. The molecule has 0 saturated heterocycles. The molecule has 136 valence electrons. The Kier molecular flexibility index (Phi) is 7.89. The van der Waals surface area contributed by atoms with Crippen molar-refractivity contribution in [3.8, 4) is 11.5 Å². The zero-order chi connectivity index (χ0) is 16.8. The van der Waals surface area contributed by atoms with Crippen LogP contribution >= 0.6 is 24.0 Å². The van der Waals surface area contributed by atoms with Gasteiger partial charge in [0.05, 0.1) is 7.11 Å². The van der Waals surface area contributed by atoms with Gasteiger partial charge in [0.25, 0.3) is 0 Å². The fraction of sp³-hybridized carbons (Fsp3) is 0.400. The number of hydrogen-bond donors (Lipinski definition) is 1. The predicted octanol–water partition coefficient (Wildman–Crippen LogP) is 5.38. The van der Waals surface area contributed by atoms with Gasteiger partial charge in [0.1, 0.15) is 6.61 Å². The highest BCUT2D eigenvalue weighted by atomic mass is 35.5. The smallest absolute Gasteiger partial charge is 0.166 e. The van der Waals surface area contributed by atoms with Crippen molar-refractivity contribution in [1.29, 1.82) is 0 Å². The molecule has 0 heterocycles. The van der Waals surface area contributed by atoms with Crippen molar-refractivity contribution in [3.63, 3.8) is 0 Å². The molecule has 0 aromatic heterocycles. The topological polar surface area (TPSA) is 30.5 Å². The second-order valence-electron chi connectivity index (χ2n) is 6.19. The van der Waals surface area contributed by atoms with Crippen LogP contribution in [-0.2, 0) is 13.2 Å². The molecule has 1 aliphatic carbocycles. The minimum atomic E-state index is 0. The first-order chi connectivity index (χ1) is 11.8. The summed E-state index contributed by atoms with van der Waals surface area (Å²) in [5, 5.41) is 4.36. The van der Waals surface area contributed by atoms with Gasteiger partial charge in [-0.25, -0.2) is 0 Å². The van der Waals surface area contributed by atoms with E-state index in [1.54, 1.807) is 7.11 Å². The minimum absolute atomic E-state index is 0. The van der Waals surface area contributed by atoms with Crippen molar-refractivity contribution in [2.45, 2.75) is 44.9 Å². The van der Waals surface area contributed by atoms with Crippen LogP contribution in [0, 0.1) is 0 Å². The molecule has 25 heavy (non-hydrogen) atoms. The molecule has 1 aliphatic rings.